The first kappa shape index (κ1) is 12.9. The Morgan fingerprint density at radius 3 is 2.68 bits per heavy atom. The molecule has 3 rings (SSSR count). The average molecular weight is 260 g/mol. The van der Waals surface area contributed by atoms with Gasteiger partial charge in [0.15, 0.2) is 0 Å². The Morgan fingerprint density at radius 2 is 1.95 bits per heavy atom. The maximum atomic E-state index is 6.28. The molecule has 0 saturated carbocycles. The zero-order chi connectivity index (χ0) is 13.1. The van der Waals surface area contributed by atoms with Crippen molar-refractivity contribution < 1.29 is 4.74 Å². The summed E-state index contributed by atoms with van der Waals surface area (Å²) in [6, 6.07) is 9.04. The molecule has 1 atom stereocenters. The van der Waals surface area contributed by atoms with Crippen molar-refractivity contribution >= 4 is 0 Å². The molecule has 19 heavy (non-hydrogen) atoms. The number of likely N-dealkylation sites (tertiary alicyclic amines) is 1. The highest BCUT2D eigenvalue weighted by molar-refractivity contribution is 5.36. The maximum Gasteiger partial charge on any atom is 0.124 e. The third-order valence-electron chi connectivity index (χ3n) is 4.31. The van der Waals surface area contributed by atoms with Gasteiger partial charge in [-0.15, -0.1) is 0 Å². The number of ether oxygens (including phenoxy) is 1. The summed E-state index contributed by atoms with van der Waals surface area (Å²) in [5.41, 5.74) is 1.35. The van der Waals surface area contributed by atoms with Crippen LogP contribution in [0.2, 0.25) is 0 Å². The second-order valence-corrected chi connectivity index (χ2v) is 5.81. The fraction of sp³-hybridized carbons (Fsp3) is 0.625. The molecular weight excluding hydrogens is 236 g/mol. The minimum atomic E-state index is 0.388. The standard InChI is InChI=1S/C16H24N2O/c1-18-11-8-13(9-12-18)19-16-7-3-2-5-14(16)15-6-4-10-17-15/h2-3,5,7,13,15,17H,4,6,8-12H2,1H3. The lowest BCUT2D eigenvalue weighted by Crippen LogP contribution is -2.35. The zero-order valence-corrected chi connectivity index (χ0v) is 11.8. The van der Waals surface area contributed by atoms with E-state index in [0.29, 0.717) is 12.1 Å². The third-order valence-corrected chi connectivity index (χ3v) is 4.31. The van der Waals surface area contributed by atoms with Gasteiger partial charge in [0.05, 0.1) is 0 Å². The number of para-hydroxylation sites is 1. The van der Waals surface area contributed by atoms with Crippen molar-refractivity contribution in [3.63, 3.8) is 0 Å². The summed E-state index contributed by atoms with van der Waals surface area (Å²) in [5, 5.41) is 3.57. The van der Waals surface area contributed by atoms with Crippen LogP contribution in [0.25, 0.3) is 0 Å². The van der Waals surface area contributed by atoms with Crippen LogP contribution in [0.3, 0.4) is 0 Å². The Morgan fingerprint density at radius 1 is 1.16 bits per heavy atom. The van der Waals surface area contributed by atoms with Gasteiger partial charge < -0.3 is 15.0 Å². The highest BCUT2D eigenvalue weighted by Crippen LogP contribution is 2.32. The van der Waals surface area contributed by atoms with E-state index in [1.807, 2.05) is 0 Å². The monoisotopic (exact) mass is 260 g/mol. The first-order valence-corrected chi connectivity index (χ1v) is 7.50. The van der Waals surface area contributed by atoms with E-state index >= 15 is 0 Å². The summed E-state index contributed by atoms with van der Waals surface area (Å²) in [6.45, 7) is 3.43. The number of nitrogens with one attached hydrogen (secondary N) is 1. The highest BCUT2D eigenvalue weighted by Gasteiger charge is 2.23. The molecule has 2 aliphatic heterocycles. The largest absolute Gasteiger partial charge is 0.490 e. The SMILES string of the molecule is CN1CCC(Oc2ccccc2C2CCCN2)CC1. The summed E-state index contributed by atoms with van der Waals surface area (Å²) in [4.78, 5) is 2.38. The van der Waals surface area contributed by atoms with E-state index < -0.39 is 0 Å². The van der Waals surface area contributed by atoms with Gasteiger partial charge in [-0.25, -0.2) is 0 Å². The summed E-state index contributed by atoms with van der Waals surface area (Å²) < 4.78 is 6.28. The van der Waals surface area contributed by atoms with E-state index in [0.717, 1.165) is 38.2 Å². The molecule has 1 N–H and O–H groups in total. The van der Waals surface area contributed by atoms with Crippen molar-refractivity contribution in [2.75, 3.05) is 26.7 Å². The van der Waals surface area contributed by atoms with Crippen LogP contribution in [0.5, 0.6) is 5.75 Å². The minimum Gasteiger partial charge on any atom is -0.490 e. The van der Waals surface area contributed by atoms with E-state index in [1.165, 1.54) is 18.4 Å². The van der Waals surface area contributed by atoms with Crippen LogP contribution in [0.15, 0.2) is 24.3 Å². The molecule has 0 amide bonds. The van der Waals surface area contributed by atoms with Crippen LogP contribution >= 0.6 is 0 Å². The minimum absolute atomic E-state index is 0.388. The molecule has 0 aromatic heterocycles. The molecule has 3 nitrogen and oxygen atoms in total. The van der Waals surface area contributed by atoms with Gasteiger partial charge in [-0.3, -0.25) is 0 Å². The molecule has 0 radical (unpaired) electrons. The lowest BCUT2D eigenvalue weighted by molar-refractivity contribution is 0.113. The number of hydrogen-bond acceptors (Lipinski definition) is 3. The van der Waals surface area contributed by atoms with Crippen molar-refractivity contribution in [1.29, 1.82) is 0 Å². The predicted octanol–water partition coefficient (Wildman–Crippen LogP) is 2.58. The number of piperidine rings is 1. The highest BCUT2D eigenvalue weighted by atomic mass is 16.5. The van der Waals surface area contributed by atoms with Gasteiger partial charge in [0, 0.05) is 24.7 Å². The molecule has 2 heterocycles. The lowest BCUT2D eigenvalue weighted by Gasteiger charge is -2.30. The number of hydrogen-bond donors (Lipinski definition) is 1. The molecule has 2 aliphatic rings. The average Bonchev–Trinajstić information content (AvgIpc) is 2.96. The summed E-state index contributed by atoms with van der Waals surface area (Å²) in [5.74, 6) is 1.09. The number of benzene rings is 1. The predicted molar refractivity (Wildman–Crippen MR) is 77.6 cm³/mol. The molecule has 0 bridgehead atoms. The van der Waals surface area contributed by atoms with E-state index in [9.17, 15) is 0 Å². The molecule has 2 fully saturated rings. The maximum absolute atomic E-state index is 6.28. The lowest BCUT2D eigenvalue weighted by atomic mass is 10.0. The fourth-order valence-electron chi connectivity index (χ4n) is 3.11. The Hall–Kier alpha value is -1.06. The van der Waals surface area contributed by atoms with Crippen molar-refractivity contribution in [3.05, 3.63) is 29.8 Å². The summed E-state index contributed by atoms with van der Waals surface area (Å²) >= 11 is 0. The van der Waals surface area contributed by atoms with E-state index in [1.54, 1.807) is 0 Å². The van der Waals surface area contributed by atoms with E-state index in [2.05, 4.69) is 41.5 Å². The van der Waals surface area contributed by atoms with Crippen molar-refractivity contribution in [2.45, 2.75) is 37.8 Å². The van der Waals surface area contributed by atoms with Crippen molar-refractivity contribution in [1.82, 2.24) is 10.2 Å². The van der Waals surface area contributed by atoms with Gasteiger partial charge in [0.1, 0.15) is 11.9 Å². The Bertz CT molecular complexity index is 407. The van der Waals surface area contributed by atoms with Crippen LogP contribution in [-0.2, 0) is 0 Å². The topological polar surface area (TPSA) is 24.5 Å². The number of nitrogens with zero attached hydrogens (tertiary/aromatic N) is 1. The molecule has 1 aromatic rings. The summed E-state index contributed by atoms with van der Waals surface area (Å²) in [7, 11) is 2.19. The quantitative estimate of drug-likeness (QED) is 0.904. The van der Waals surface area contributed by atoms with E-state index in [4.69, 9.17) is 4.74 Å². The molecule has 0 aliphatic carbocycles. The molecule has 2 saturated heterocycles. The van der Waals surface area contributed by atoms with Gasteiger partial charge in [0.2, 0.25) is 0 Å². The Labute approximate surface area is 115 Å². The van der Waals surface area contributed by atoms with Gasteiger partial charge in [-0.2, -0.15) is 0 Å². The van der Waals surface area contributed by atoms with Crippen LogP contribution in [0.1, 0.15) is 37.3 Å². The van der Waals surface area contributed by atoms with E-state index in [-0.39, 0.29) is 0 Å². The Kier molecular flexibility index (Phi) is 4.04. The molecule has 0 spiro atoms. The van der Waals surface area contributed by atoms with Crippen molar-refractivity contribution in [3.8, 4) is 5.75 Å². The second kappa shape index (κ2) is 5.93. The molecule has 3 heteroatoms. The third kappa shape index (κ3) is 3.10. The van der Waals surface area contributed by atoms with Gasteiger partial charge in [-0.05, 0) is 45.3 Å². The normalized spacial score (nSPS) is 25.6. The molecular formula is C16H24N2O. The van der Waals surface area contributed by atoms with Crippen LogP contribution < -0.4 is 10.1 Å². The Balaban J connectivity index is 1.69. The number of rotatable bonds is 3. The zero-order valence-electron chi connectivity index (χ0n) is 11.8. The summed E-state index contributed by atoms with van der Waals surface area (Å²) in [6.07, 6.45) is 5.17. The molecule has 104 valence electrons. The van der Waals surface area contributed by atoms with Crippen LogP contribution in [0.4, 0.5) is 0 Å². The van der Waals surface area contributed by atoms with Crippen LogP contribution in [-0.4, -0.2) is 37.7 Å². The second-order valence-electron chi connectivity index (χ2n) is 5.81. The van der Waals surface area contributed by atoms with Crippen molar-refractivity contribution in [2.24, 2.45) is 0 Å². The smallest absolute Gasteiger partial charge is 0.124 e. The molecule has 1 unspecified atom stereocenters. The first-order valence-electron chi connectivity index (χ1n) is 7.50. The first-order chi connectivity index (χ1) is 9.33. The van der Waals surface area contributed by atoms with Gasteiger partial charge in [-0.1, -0.05) is 18.2 Å². The van der Waals surface area contributed by atoms with Crippen LogP contribution in [0, 0.1) is 0 Å². The van der Waals surface area contributed by atoms with Gasteiger partial charge in [0.25, 0.3) is 0 Å². The molecule has 1 aromatic carbocycles. The van der Waals surface area contributed by atoms with Gasteiger partial charge >= 0.3 is 0 Å². The fourth-order valence-corrected chi connectivity index (χ4v) is 3.11.